The van der Waals surface area contributed by atoms with E-state index in [2.05, 4.69) is 0 Å². The number of carbonyl (C=O) groups excluding carboxylic acids is 2. The van der Waals surface area contributed by atoms with Crippen molar-refractivity contribution in [1.29, 1.82) is 0 Å². The van der Waals surface area contributed by atoms with Crippen molar-refractivity contribution in [3.05, 3.63) is 0 Å². The van der Waals surface area contributed by atoms with Crippen LogP contribution in [-0.4, -0.2) is 53.8 Å². The number of nitrogens with zero attached hydrogens (tertiary/aromatic N) is 2. The van der Waals surface area contributed by atoms with E-state index >= 15 is 0 Å². The van der Waals surface area contributed by atoms with Gasteiger partial charge in [0.1, 0.15) is 5.54 Å². The third-order valence-electron chi connectivity index (χ3n) is 3.54. The van der Waals surface area contributed by atoms with Crippen LogP contribution in [0.5, 0.6) is 0 Å². The molecule has 0 unspecified atom stereocenters. The summed E-state index contributed by atoms with van der Waals surface area (Å²) < 4.78 is 0. The standard InChI is InChI=1S/C12H23N3O2/c1-11(2,8-13)9(16)15-7-6-14(5)10(17)12(15,3)4/h6-8,13H2,1-5H3. The van der Waals surface area contributed by atoms with Crippen molar-refractivity contribution in [2.75, 3.05) is 26.7 Å². The van der Waals surface area contributed by atoms with Crippen molar-refractivity contribution in [2.45, 2.75) is 33.2 Å². The van der Waals surface area contributed by atoms with Gasteiger partial charge >= 0.3 is 0 Å². The van der Waals surface area contributed by atoms with Crippen LogP contribution in [0.2, 0.25) is 0 Å². The van der Waals surface area contributed by atoms with Crippen molar-refractivity contribution in [3.63, 3.8) is 0 Å². The zero-order valence-electron chi connectivity index (χ0n) is 11.4. The summed E-state index contributed by atoms with van der Waals surface area (Å²) in [5.41, 5.74) is 4.22. The van der Waals surface area contributed by atoms with Gasteiger partial charge in [0.25, 0.3) is 0 Å². The average Bonchev–Trinajstić information content (AvgIpc) is 2.25. The van der Waals surface area contributed by atoms with E-state index in [1.165, 1.54) is 0 Å². The van der Waals surface area contributed by atoms with Crippen LogP contribution in [0.3, 0.4) is 0 Å². The van der Waals surface area contributed by atoms with E-state index in [0.29, 0.717) is 13.1 Å². The second kappa shape index (κ2) is 4.29. The molecule has 1 rings (SSSR count). The van der Waals surface area contributed by atoms with Crippen LogP contribution >= 0.6 is 0 Å². The Morgan fingerprint density at radius 1 is 1.41 bits per heavy atom. The highest BCUT2D eigenvalue weighted by Gasteiger charge is 2.46. The zero-order chi connectivity index (χ0) is 13.4. The van der Waals surface area contributed by atoms with Gasteiger partial charge < -0.3 is 15.5 Å². The fourth-order valence-electron chi connectivity index (χ4n) is 2.02. The fourth-order valence-corrected chi connectivity index (χ4v) is 2.02. The number of hydrogen-bond donors (Lipinski definition) is 1. The van der Waals surface area contributed by atoms with Crippen molar-refractivity contribution in [1.82, 2.24) is 9.80 Å². The molecule has 0 aliphatic carbocycles. The molecular formula is C12H23N3O2. The lowest BCUT2D eigenvalue weighted by Gasteiger charge is -2.47. The van der Waals surface area contributed by atoms with Crippen molar-refractivity contribution in [2.24, 2.45) is 11.1 Å². The van der Waals surface area contributed by atoms with Gasteiger partial charge in [0, 0.05) is 26.7 Å². The SMILES string of the molecule is CN1CCN(C(=O)C(C)(C)CN)C(C)(C)C1=O. The Labute approximate surface area is 103 Å². The van der Waals surface area contributed by atoms with Gasteiger partial charge in [-0.3, -0.25) is 9.59 Å². The van der Waals surface area contributed by atoms with Crippen LogP contribution in [0.25, 0.3) is 0 Å². The van der Waals surface area contributed by atoms with Gasteiger partial charge in [-0.1, -0.05) is 0 Å². The molecule has 1 aliphatic heterocycles. The molecule has 0 aromatic rings. The molecule has 5 heteroatoms. The summed E-state index contributed by atoms with van der Waals surface area (Å²) in [7, 11) is 1.76. The van der Waals surface area contributed by atoms with Gasteiger partial charge in [-0.05, 0) is 27.7 Å². The number of likely N-dealkylation sites (N-methyl/N-ethyl adjacent to an activating group) is 1. The Morgan fingerprint density at radius 2 is 1.94 bits per heavy atom. The second-order valence-electron chi connectivity index (χ2n) is 5.83. The van der Waals surface area contributed by atoms with E-state index < -0.39 is 11.0 Å². The molecule has 1 saturated heterocycles. The van der Waals surface area contributed by atoms with Gasteiger partial charge in [0.2, 0.25) is 11.8 Å². The minimum absolute atomic E-state index is 0.0232. The lowest BCUT2D eigenvalue weighted by atomic mass is 9.87. The van der Waals surface area contributed by atoms with Crippen molar-refractivity contribution in [3.8, 4) is 0 Å². The van der Waals surface area contributed by atoms with E-state index in [9.17, 15) is 9.59 Å². The molecule has 1 fully saturated rings. The van der Waals surface area contributed by atoms with Crippen LogP contribution in [0.4, 0.5) is 0 Å². The van der Waals surface area contributed by atoms with E-state index in [1.54, 1.807) is 30.7 Å². The predicted octanol–water partition coefficient (Wildman–Crippen LogP) is 0.0505. The van der Waals surface area contributed by atoms with Crippen LogP contribution in [-0.2, 0) is 9.59 Å². The molecule has 1 aliphatic rings. The molecule has 0 radical (unpaired) electrons. The number of hydrogen-bond acceptors (Lipinski definition) is 3. The smallest absolute Gasteiger partial charge is 0.247 e. The Hall–Kier alpha value is -1.10. The average molecular weight is 241 g/mol. The molecule has 1 heterocycles. The normalized spacial score (nSPS) is 20.7. The highest BCUT2D eigenvalue weighted by Crippen LogP contribution is 2.27. The first-order chi connectivity index (χ1) is 7.64. The zero-order valence-corrected chi connectivity index (χ0v) is 11.4. The summed E-state index contributed by atoms with van der Waals surface area (Å²) in [6.07, 6.45) is 0. The maximum Gasteiger partial charge on any atom is 0.247 e. The van der Waals surface area contributed by atoms with Gasteiger partial charge in [-0.2, -0.15) is 0 Å². The van der Waals surface area contributed by atoms with Crippen molar-refractivity contribution < 1.29 is 9.59 Å². The molecule has 0 spiro atoms. The predicted molar refractivity (Wildman–Crippen MR) is 66.3 cm³/mol. The largest absolute Gasteiger partial charge is 0.342 e. The Balaban J connectivity index is 3.00. The lowest BCUT2D eigenvalue weighted by Crippen LogP contribution is -2.65. The van der Waals surface area contributed by atoms with Crippen LogP contribution in [0.15, 0.2) is 0 Å². The third-order valence-corrected chi connectivity index (χ3v) is 3.54. The number of nitrogens with two attached hydrogens (primary N) is 1. The summed E-state index contributed by atoms with van der Waals surface area (Å²) in [5, 5.41) is 0. The molecule has 0 saturated carbocycles. The first-order valence-electron chi connectivity index (χ1n) is 5.92. The Morgan fingerprint density at radius 3 is 2.41 bits per heavy atom. The molecule has 98 valence electrons. The van der Waals surface area contributed by atoms with Gasteiger partial charge in [0.15, 0.2) is 0 Å². The first-order valence-corrected chi connectivity index (χ1v) is 5.92. The first kappa shape index (κ1) is 14.0. The number of amides is 2. The molecule has 0 bridgehead atoms. The number of piperazine rings is 1. The Kier molecular flexibility index (Phi) is 3.52. The van der Waals surface area contributed by atoms with Gasteiger partial charge in [0.05, 0.1) is 5.41 Å². The number of rotatable bonds is 2. The minimum Gasteiger partial charge on any atom is -0.342 e. The molecule has 2 amide bonds. The molecule has 5 nitrogen and oxygen atoms in total. The number of carbonyl (C=O) groups is 2. The van der Waals surface area contributed by atoms with E-state index in [1.807, 2.05) is 13.8 Å². The second-order valence-corrected chi connectivity index (χ2v) is 5.83. The molecule has 0 aromatic heterocycles. The van der Waals surface area contributed by atoms with Crippen LogP contribution < -0.4 is 5.73 Å². The summed E-state index contributed by atoms with van der Waals surface area (Å²) in [4.78, 5) is 27.8. The van der Waals surface area contributed by atoms with E-state index in [4.69, 9.17) is 5.73 Å². The highest BCUT2D eigenvalue weighted by atomic mass is 16.2. The van der Waals surface area contributed by atoms with Gasteiger partial charge in [-0.15, -0.1) is 0 Å². The highest BCUT2D eigenvalue weighted by molar-refractivity contribution is 5.93. The third kappa shape index (κ3) is 2.29. The summed E-state index contributed by atoms with van der Waals surface area (Å²) >= 11 is 0. The maximum atomic E-state index is 12.4. The van der Waals surface area contributed by atoms with Crippen molar-refractivity contribution >= 4 is 11.8 Å². The minimum atomic E-state index is -0.781. The topological polar surface area (TPSA) is 66.6 Å². The maximum absolute atomic E-state index is 12.4. The van der Waals surface area contributed by atoms with E-state index in [0.717, 1.165) is 0 Å². The Bertz CT molecular complexity index is 337. The van der Waals surface area contributed by atoms with Gasteiger partial charge in [-0.25, -0.2) is 0 Å². The lowest BCUT2D eigenvalue weighted by molar-refractivity contribution is -0.161. The van der Waals surface area contributed by atoms with Crippen LogP contribution in [0.1, 0.15) is 27.7 Å². The molecule has 2 N–H and O–H groups in total. The van der Waals surface area contributed by atoms with Crippen LogP contribution in [0, 0.1) is 5.41 Å². The van der Waals surface area contributed by atoms with E-state index in [-0.39, 0.29) is 18.4 Å². The molecular weight excluding hydrogens is 218 g/mol. The summed E-state index contributed by atoms with van der Waals surface area (Å²) in [6, 6.07) is 0. The monoisotopic (exact) mass is 241 g/mol. The summed E-state index contributed by atoms with van der Waals surface area (Å²) in [5.74, 6) is -0.0728. The molecule has 0 aromatic carbocycles. The quantitative estimate of drug-likeness (QED) is 0.743. The molecule has 0 atom stereocenters. The summed E-state index contributed by atoms with van der Waals surface area (Å²) in [6.45, 7) is 8.63. The molecule has 17 heavy (non-hydrogen) atoms. The fraction of sp³-hybridized carbons (Fsp3) is 0.833.